The van der Waals surface area contributed by atoms with Crippen LogP contribution >= 0.6 is 0 Å². The lowest BCUT2D eigenvalue weighted by molar-refractivity contribution is 0.0963. The van der Waals surface area contributed by atoms with Crippen LogP contribution in [0.2, 0.25) is 0 Å². The van der Waals surface area contributed by atoms with E-state index in [0.29, 0.717) is 29.8 Å². The van der Waals surface area contributed by atoms with Crippen molar-refractivity contribution in [3.63, 3.8) is 0 Å². The minimum Gasteiger partial charge on any atom is -0.325 e. The predicted molar refractivity (Wildman–Crippen MR) is 108 cm³/mol. The highest BCUT2D eigenvalue weighted by Crippen LogP contribution is 2.31. The van der Waals surface area contributed by atoms with Gasteiger partial charge in [-0.2, -0.15) is 0 Å². The second-order valence-electron chi connectivity index (χ2n) is 7.17. The van der Waals surface area contributed by atoms with Gasteiger partial charge in [-0.3, -0.25) is 14.4 Å². The lowest BCUT2D eigenvalue weighted by Gasteiger charge is -2.24. The zero-order valence-electron chi connectivity index (χ0n) is 15.5. The van der Waals surface area contributed by atoms with E-state index in [-0.39, 0.29) is 17.3 Å². The molecule has 140 valence electrons. The van der Waals surface area contributed by atoms with Gasteiger partial charge in [0.05, 0.1) is 0 Å². The maximum absolute atomic E-state index is 12.7. The van der Waals surface area contributed by atoms with E-state index in [1.807, 2.05) is 55.5 Å². The SMILES string of the molecule is Cc1cccc(NC(=O)c2cc3c([nH]c2=O)C[C@H](c2ccccc2)CC3=O)c1. The number of aromatic nitrogens is 1. The molecule has 1 heterocycles. The van der Waals surface area contributed by atoms with Crippen molar-refractivity contribution in [3.8, 4) is 0 Å². The Kier molecular flexibility index (Phi) is 4.65. The van der Waals surface area contributed by atoms with E-state index >= 15 is 0 Å². The third kappa shape index (κ3) is 3.51. The van der Waals surface area contributed by atoms with E-state index in [4.69, 9.17) is 0 Å². The highest BCUT2D eigenvalue weighted by molar-refractivity contribution is 6.06. The van der Waals surface area contributed by atoms with E-state index in [1.54, 1.807) is 6.07 Å². The van der Waals surface area contributed by atoms with Gasteiger partial charge in [0.15, 0.2) is 5.78 Å². The molecule has 2 N–H and O–H groups in total. The minimum absolute atomic E-state index is 0.0313. The average Bonchev–Trinajstić information content (AvgIpc) is 2.68. The molecule has 1 amide bonds. The lowest BCUT2D eigenvalue weighted by Crippen LogP contribution is -2.29. The fourth-order valence-corrected chi connectivity index (χ4v) is 3.68. The summed E-state index contributed by atoms with van der Waals surface area (Å²) in [5.41, 5.74) is 3.18. The third-order valence-corrected chi connectivity index (χ3v) is 5.10. The highest BCUT2D eigenvalue weighted by Gasteiger charge is 2.28. The van der Waals surface area contributed by atoms with E-state index < -0.39 is 11.5 Å². The number of fused-ring (bicyclic) bond motifs is 1. The summed E-state index contributed by atoms with van der Waals surface area (Å²) in [6, 6.07) is 18.6. The van der Waals surface area contributed by atoms with E-state index in [1.165, 1.54) is 6.07 Å². The van der Waals surface area contributed by atoms with Crippen LogP contribution in [0.4, 0.5) is 5.69 Å². The van der Waals surface area contributed by atoms with Gasteiger partial charge in [0.25, 0.3) is 11.5 Å². The Labute approximate surface area is 162 Å². The Morgan fingerprint density at radius 2 is 1.79 bits per heavy atom. The molecule has 0 aliphatic heterocycles. The van der Waals surface area contributed by atoms with Crippen molar-refractivity contribution in [1.82, 2.24) is 4.98 Å². The monoisotopic (exact) mass is 372 g/mol. The molecule has 0 saturated heterocycles. The Bertz CT molecular complexity index is 1120. The Hall–Kier alpha value is -3.47. The molecule has 0 spiro atoms. The zero-order chi connectivity index (χ0) is 19.7. The van der Waals surface area contributed by atoms with Gasteiger partial charge >= 0.3 is 0 Å². The fraction of sp³-hybridized carbons (Fsp3) is 0.174. The smallest absolute Gasteiger partial charge is 0.261 e. The zero-order valence-corrected chi connectivity index (χ0v) is 15.5. The fourth-order valence-electron chi connectivity index (χ4n) is 3.68. The van der Waals surface area contributed by atoms with E-state index in [2.05, 4.69) is 10.3 Å². The number of anilines is 1. The van der Waals surface area contributed by atoms with Crippen molar-refractivity contribution in [1.29, 1.82) is 0 Å². The number of amides is 1. The largest absolute Gasteiger partial charge is 0.325 e. The minimum atomic E-state index is -0.521. The molecule has 0 bridgehead atoms. The lowest BCUT2D eigenvalue weighted by atomic mass is 9.81. The molecular formula is C23H20N2O3. The number of Topliss-reactive ketones (excluding diaryl/α,β-unsaturated/α-hetero) is 1. The first-order valence-electron chi connectivity index (χ1n) is 9.23. The number of pyridine rings is 1. The molecule has 5 nitrogen and oxygen atoms in total. The number of benzene rings is 2. The molecule has 3 aromatic rings. The molecule has 0 fully saturated rings. The number of rotatable bonds is 3. The van der Waals surface area contributed by atoms with E-state index in [9.17, 15) is 14.4 Å². The number of carbonyl (C=O) groups is 2. The number of hydrogen-bond donors (Lipinski definition) is 2. The summed E-state index contributed by atoms with van der Waals surface area (Å²) in [6.07, 6.45) is 0.933. The summed E-state index contributed by atoms with van der Waals surface area (Å²) in [5.74, 6) is -0.549. The summed E-state index contributed by atoms with van der Waals surface area (Å²) >= 11 is 0. The van der Waals surface area contributed by atoms with E-state index in [0.717, 1.165) is 11.1 Å². The van der Waals surface area contributed by atoms with Crippen LogP contribution < -0.4 is 10.9 Å². The van der Waals surface area contributed by atoms with Gasteiger partial charge in [0.1, 0.15) is 5.56 Å². The second-order valence-corrected chi connectivity index (χ2v) is 7.17. The summed E-state index contributed by atoms with van der Waals surface area (Å²) in [7, 11) is 0. The Morgan fingerprint density at radius 1 is 1.00 bits per heavy atom. The highest BCUT2D eigenvalue weighted by atomic mass is 16.2. The van der Waals surface area contributed by atoms with Gasteiger partial charge in [-0.25, -0.2) is 0 Å². The van der Waals surface area contributed by atoms with Crippen molar-refractivity contribution in [2.75, 3.05) is 5.32 Å². The van der Waals surface area contributed by atoms with Crippen LogP contribution in [0, 0.1) is 6.92 Å². The summed E-state index contributed by atoms with van der Waals surface area (Å²) in [5, 5.41) is 2.73. The molecule has 1 aromatic heterocycles. The predicted octanol–water partition coefficient (Wildman–Crippen LogP) is 3.85. The second kappa shape index (κ2) is 7.27. The van der Waals surface area contributed by atoms with Crippen LogP contribution in [-0.2, 0) is 6.42 Å². The number of nitrogens with one attached hydrogen (secondary N) is 2. The molecule has 5 heteroatoms. The van der Waals surface area contributed by atoms with Crippen LogP contribution in [-0.4, -0.2) is 16.7 Å². The molecule has 0 saturated carbocycles. The van der Waals surface area contributed by atoms with Crippen molar-refractivity contribution in [3.05, 3.63) is 99.0 Å². The Morgan fingerprint density at radius 3 is 2.54 bits per heavy atom. The quantitative estimate of drug-likeness (QED) is 0.733. The molecular weight excluding hydrogens is 352 g/mol. The van der Waals surface area contributed by atoms with Crippen LogP contribution in [0.15, 0.2) is 65.5 Å². The van der Waals surface area contributed by atoms with Crippen molar-refractivity contribution in [2.24, 2.45) is 0 Å². The van der Waals surface area contributed by atoms with Crippen LogP contribution in [0.3, 0.4) is 0 Å². The molecule has 0 unspecified atom stereocenters. The molecule has 28 heavy (non-hydrogen) atoms. The van der Waals surface area contributed by atoms with Crippen LogP contribution in [0.1, 0.15) is 49.9 Å². The molecule has 1 aliphatic rings. The number of aromatic amines is 1. The van der Waals surface area contributed by atoms with Gasteiger partial charge in [0, 0.05) is 23.4 Å². The summed E-state index contributed by atoms with van der Waals surface area (Å²) in [4.78, 5) is 40.6. The first kappa shape index (κ1) is 17.9. The molecule has 1 aliphatic carbocycles. The van der Waals surface area contributed by atoms with Crippen molar-refractivity contribution in [2.45, 2.75) is 25.7 Å². The molecule has 0 radical (unpaired) electrons. The number of aryl methyl sites for hydroxylation is 1. The maximum Gasteiger partial charge on any atom is 0.261 e. The standard InChI is InChI=1S/C23H20N2O3/c1-14-6-5-9-17(10-14)24-22(27)19-13-18-20(25-23(19)28)11-16(12-21(18)26)15-7-3-2-4-8-15/h2-10,13,16H,11-12H2,1H3,(H,24,27)(H,25,28)/t16-/m0/s1. The number of H-pyrrole nitrogens is 1. The van der Waals surface area contributed by atoms with Crippen LogP contribution in [0.25, 0.3) is 0 Å². The number of carbonyl (C=O) groups excluding carboxylic acids is 2. The van der Waals surface area contributed by atoms with Crippen molar-refractivity contribution < 1.29 is 9.59 Å². The first-order chi connectivity index (χ1) is 13.5. The molecule has 1 atom stereocenters. The van der Waals surface area contributed by atoms with Gasteiger partial charge < -0.3 is 10.3 Å². The van der Waals surface area contributed by atoms with Gasteiger partial charge in [-0.1, -0.05) is 42.5 Å². The number of hydrogen-bond acceptors (Lipinski definition) is 3. The average molecular weight is 372 g/mol. The topological polar surface area (TPSA) is 79.0 Å². The molecule has 2 aromatic carbocycles. The Balaban J connectivity index is 1.63. The summed E-state index contributed by atoms with van der Waals surface area (Å²) in [6.45, 7) is 1.92. The first-order valence-corrected chi connectivity index (χ1v) is 9.23. The number of ketones is 1. The van der Waals surface area contributed by atoms with Gasteiger partial charge in [-0.05, 0) is 48.6 Å². The van der Waals surface area contributed by atoms with Gasteiger partial charge in [0.2, 0.25) is 0 Å². The van der Waals surface area contributed by atoms with Crippen molar-refractivity contribution >= 4 is 17.4 Å². The summed E-state index contributed by atoms with van der Waals surface area (Å²) < 4.78 is 0. The third-order valence-electron chi connectivity index (χ3n) is 5.10. The van der Waals surface area contributed by atoms with Gasteiger partial charge in [-0.15, -0.1) is 0 Å². The molecule has 4 rings (SSSR count). The maximum atomic E-state index is 12.7. The van der Waals surface area contributed by atoms with Crippen LogP contribution in [0.5, 0.6) is 0 Å². The normalized spacial score (nSPS) is 15.8.